The SMILES string of the molecule is CNS(=O)(=O)c1ccc(Nc2ccc(C(F)(F)F)cc2)c(C(=O)NCc2cn(CC3CC3)cn2)c1. The van der Waals surface area contributed by atoms with E-state index in [0.717, 1.165) is 18.7 Å². The highest BCUT2D eigenvalue weighted by Crippen LogP contribution is 2.32. The zero-order chi connectivity index (χ0) is 25.2. The van der Waals surface area contributed by atoms with Crippen molar-refractivity contribution < 1.29 is 26.4 Å². The molecule has 1 heterocycles. The van der Waals surface area contributed by atoms with Crippen molar-refractivity contribution >= 4 is 27.3 Å². The number of amides is 1. The van der Waals surface area contributed by atoms with E-state index in [1.165, 1.54) is 50.2 Å². The van der Waals surface area contributed by atoms with Gasteiger partial charge in [0, 0.05) is 18.4 Å². The van der Waals surface area contributed by atoms with Crippen molar-refractivity contribution in [1.82, 2.24) is 19.6 Å². The number of nitrogens with one attached hydrogen (secondary N) is 3. The molecule has 12 heteroatoms. The van der Waals surface area contributed by atoms with Crippen LogP contribution in [0.1, 0.15) is 34.5 Å². The van der Waals surface area contributed by atoms with Crippen molar-refractivity contribution in [2.75, 3.05) is 12.4 Å². The molecule has 1 aliphatic rings. The van der Waals surface area contributed by atoms with E-state index in [-0.39, 0.29) is 22.7 Å². The van der Waals surface area contributed by atoms with E-state index < -0.39 is 27.7 Å². The van der Waals surface area contributed by atoms with Crippen LogP contribution >= 0.6 is 0 Å². The summed E-state index contributed by atoms with van der Waals surface area (Å²) in [4.78, 5) is 17.2. The highest BCUT2D eigenvalue weighted by molar-refractivity contribution is 7.89. The summed E-state index contributed by atoms with van der Waals surface area (Å²) in [6, 6.07) is 8.19. The highest BCUT2D eigenvalue weighted by Gasteiger charge is 2.30. The van der Waals surface area contributed by atoms with Crippen molar-refractivity contribution in [3.63, 3.8) is 0 Å². The zero-order valence-electron chi connectivity index (χ0n) is 18.8. The molecule has 0 saturated heterocycles. The summed E-state index contributed by atoms with van der Waals surface area (Å²) >= 11 is 0. The van der Waals surface area contributed by atoms with Crippen molar-refractivity contribution in [3.8, 4) is 0 Å². The van der Waals surface area contributed by atoms with Gasteiger partial charge >= 0.3 is 6.18 Å². The number of hydrogen-bond acceptors (Lipinski definition) is 5. The third-order valence-corrected chi connectivity index (χ3v) is 7.00. The first kappa shape index (κ1) is 24.7. The van der Waals surface area contributed by atoms with Gasteiger partial charge in [-0.25, -0.2) is 18.1 Å². The molecule has 4 rings (SSSR count). The minimum Gasteiger partial charge on any atom is -0.355 e. The number of sulfonamides is 1. The lowest BCUT2D eigenvalue weighted by Crippen LogP contribution is -2.25. The van der Waals surface area contributed by atoms with E-state index in [1.54, 1.807) is 6.33 Å². The molecule has 186 valence electrons. The lowest BCUT2D eigenvalue weighted by Gasteiger charge is -2.15. The van der Waals surface area contributed by atoms with Crippen molar-refractivity contribution in [2.45, 2.75) is 37.0 Å². The molecule has 1 fully saturated rings. The smallest absolute Gasteiger partial charge is 0.355 e. The van der Waals surface area contributed by atoms with Gasteiger partial charge < -0.3 is 15.2 Å². The lowest BCUT2D eigenvalue weighted by atomic mass is 10.1. The summed E-state index contributed by atoms with van der Waals surface area (Å²) < 4.78 is 67.3. The molecule has 8 nitrogen and oxygen atoms in total. The molecule has 1 amide bonds. The quantitative estimate of drug-likeness (QED) is 0.408. The highest BCUT2D eigenvalue weighted by atomic mass is 32.2. The van der Waals surface area contributed by atoms with Gasteiger partial charge in [-0.05, 0) is 68.3 Å². The first-order valence-corrected chi connectivity index (χ1v) is 12.3. The average molecular weight is 508 g/mol. The second-order valence-electron chi connectivity index (χ2n) is 8.30. The number of rotatable bonds is 9. The van der Waals surface area contributed by atoms with Crippen LogP contribution in [-0.4, -0.2) is 30.9 Å². The number of hydrogen-bond donors (Lipinski definition) is 3. The number of halogens is 3. The maximum atomic E-state index is 13.0. The minimum absolute atomic E-state index is 0.0126. The Morgan fingerprint density at radius 2 is 1.86 bits per heavy atom. The first-order valence-electron chi connectivity index (χ1n) is 10.9. The van der Waals surface area contributed by atoms with Gasteiger partial charge in [-0.15, -0.1) is 0 Å². The molecule has 1 aliphatic carbocycles. The number of nitrogens with zero attached hydrogens (tertiary/aromatic N) is 2. The van der Waals surface area contributed by atoms with Crippen molar-refractivity contribution in [3.05, 3.63) is 71.8 Å². The van der Waals surface area contributed by atoms with Crippen LogP contribution in [0.15, 0.2) is 59.9 Å². The minimum atomic E-state index is -4.47. The number of alkyl halides is 3. The zero-order valence-corrected chi connectivity index (χ0v) is 19.6. The van der Waals surface area contributed by atoms with Crippen LogP contribution in [0.25, 0.3) is 0 Å². The Hall–Kier alpha value is -3.38. The maximum absolute atomic E-state index is 13.0. The predicted molar refractivity (Wildman–Crippen MR) is 124 cm³/mol. The molecule has 0 bridgehead atoms. The summed E-state index contributed by atoms with van der Waals surface area (Å²) in [7, 11) is -2.58. The van der Waals surface area contributed by atoms with E-state index in [2.05, 4.69) is 20.3 Å². The molecular weight excluding hydrogens is 483 g/mol. The summed E-state index contributed by atoms with van der Waals surface area (Å²) in [6.45, 7) is 1.01. The van der Waals surface area contributed by atoms with Gasteiger partial charge in [0.1, 0.15) is 0 Å². The molecule has 0 atom stereocenters. The largest absolute Gasteiger partial charge is 0.416 e. The van der Waals surface area contributed by atoms with Gasteiger partial charge in [0.25, 0.3) is 5.91 Å². The molecule has 0 spiro atoms. The summed E-state index contributed by atoms with van der Waals surface area (Å²) in [5.41, 5.74) is 0.387. The second kappa shape index (κ2) is 9.70. The number of anilines is 2. The van der Waals surface area contributed by atoms with Crippen LogP contribution in [0.4, 0.5) is 24.5 Å². The number of aromatic nitrogens is 2. The van der Waals surface area contributed by atoms with Gasteiger partial charge in [0.05, 0.1) is 40.3 Å². The number of benzene rings is 2. The molecule has 0 aliphatic heterocycles. The summed E-state index contributed by atoms with van der Waals surface area (Å²) in [5, 5.41) is 5.63. The fraction of sp³-hybridized carbons (Fsp3) is 0.304. The Bertz CT molecular complexity index is 1320. The van der Waals surface area contributed by atoms with Crippen molar-refractivity contribution in [2.24, 2.45) is 5.92 Å². The normalized spacial score (nSPS) is 14.1. The number of imidazole rings is 1. The monoisotopic (exact) mass is 507 g/mol. The summed E-state index contributed by atoms with van der Waals surface area (Å²) in [6.07, 6.45) is 1.48. The molecule has 0 unspecified atom stereocenters. The lowest BCUT2D eigenvalue weighted by molar-refractivity contribution is -0.137. The third kappa shape index (κ3) is 6.20. The maximum Gasteiger partial charge on any atom is 0.416 e. The molecule has 3 N–H and O–H groups in total. The van der Waals surface area contributed by atoms with E-state index in [4.69, 9.17) is 0 Å². The van der Waals surface area contributed by atoms with Crippen LogP contribution in [-0.2, 0) is 29.3 Å². The Balaban J connectivity index is 1.55. The van der Waals surface area contributed by atoms with Crippen molar-refractivity contribution in [1.29, 1.82) is 0 Å². The Morgan fingerprint density at radius 1 is 1.14 bits per heavy atom. The fourth-order valence-electron chi connectivity index (χ4n) is 3.47. The van der Waals surface area contributed by atoms with E-state index in [0.29, 0.717) is 17.3 Å². The van der Waals surface area contributed by atoms with Gasteiger partial charge in [-0.3, -0.25) is 4.79 Å². The summed E-state index contributed by atoms with van der Waals surface area (Å²) in [5.74, 6) is 0.103. The van der Waals surface area contributed by atoms with E-state index in [9.17, 15) is 26.4 Å². The number of carbonyl (C=O) groups is 1. The molecule has 35 heavy (non-hydrogen) atoms. The molecule has 0 radical (unpaired) electrons. The average Bonchev–Trinajstić information content (AvgIpc) is 3.52. The Morgan fingerprint density at radius 3 is 2.49 bits per heavy atom. The van der Waals surface area contributed by atoms with Crippen LogP contribution in [0.2, 0.25) is 0 Å². The van der Waals surface area contributed by atoms with Crippen LogP contribution in [0.3, 0.4) is 0 Å². The van der Waals surface area contributed by atoms with Crippen LogP contribution < -0.4 is 15.4 Å². The van der Waals surface area contributed by atoms with Crippen LogP contribution in [0, 0.1) is 5.92 Å². The number of carbonyl (C=O) groups excluding carboxylic acids is 1. The topological polar surface area (TPSA) is 105 Å². The second-order valence-corrected chi connectivity index (χ2v) is 10.2. The van der Waals surface area contributed by atoms with Crippen LogP contribution in [0.5, 0.6) is 0 Å². The molecule has 1 saturated carbocycles. The molecule has 2 aromatic carbocycles. The van der Waals surface area contributed by atoms with E-state index >= 15 is 0 Å². The third-order valence-electron chi connectivity index (χ3n) is 5.59. The van der Waals surface area contributed by atoms with Gasteiger partial charge in [-0.2, -0.15) is 13.2 Å². The standard InChI is InChI=1S/C23H24F3N5O3S/c1-27-35(33,34)19-8-9-21(30-17-6-4-16(5-7-17)23(24,25)26)20(10-19)22(32)28-11-18-13-31(14-29-18)12-15-2-3-15/h4-10,13-15,27,30H,2-3,11-12H2,1H3,(H,28,32). The Labute approximate surface area is 200 Å². The first-order chi connectivity index (χ1) is 16.5. The van der Waals surface area contributed by atoms with Gasteiger partial charge in [0.15, 0.2) is 0 Å². The fourth-order valence-corrected chi connectivity index (χ4v) is 4.22. The molecule has 3 aromatic rings. The molecule has 1 aromatic heterocycles. The van der Waals surface area contributed by atoms with Gasteiger partial charge in [0.2, 0.25) is 10.0 Å². The molecular formula is C23H24F3N5O3S. The van der Waals surface area contributed by atoms with E-state index in [1.807, 2.05) is 10.8 Å². The van der Waals surface area contributed by atoms with Gasteiger partial charge in [-0.1, -0.05) is 0 Å². The predicted octanol–water partition coefficient (Wildman–Crippen LogP) is 3.89. The Kier molecular flexibility index (Phi) is 6.86.